The van der Waals surface area contributed by atoms with Crippen molar-refractivity contribution in [3.63, 3.8) is 0 Å². The number of hydrogen-bond acceptors (Lipinski definition) is 8. The predicted molar refractivity (Wildman–Crippen MR) is 104 cm³/mol. The minimum absolute atomic E-state index is 0.0659. The smallest absolute Gasteiger partial charge is 0.311 e. The van der Waals surface area contributed by atoms with Crippen LogP contribution in [0.5, 0.6) is 23.0 Å². The molecule has 0 amide bonds. The number of methoxy groups -OCH3 is 4. The van der Waals surface area contributed by atoms with Gasteiger partial charge in [-0.3, -0.25) is 20.2 Å². The highest BCUT2D eigenvalue weighted by Crippen LogP contribution is 2.39. The van der Waals surface area contributed by atoms with Crippen LogP contribution in [0.15, 0.2) is 36.0 Å². The van der Waals surface area contributed by atoms with E-state index < -0.39 is 9.85 Å². The Morgan fingerprint density at radius 1 is 0.897 bits per heavy atom. The maximum Gasteiger partial charge on any atom is 0.311 e. The molecule has 0 N–H and O–H groups in total. The second-order valence-corrected chi connectivity index (χ2v) is 5.79. The highest BCUT2D eigenvalue weighted by atomic mass is 16.6. The van der Waals surface area contributed by atoms with Crippen molar-refractivity contribution in [3.8, 4) is 23.0 Å². The molecule has 0 unspecified atom stereocenters. The lowest BCUT2D eigenvalue weighted by Gasteiger charge is -2.13. The van der Waals surface area contributed by atoms with Crippen LogP contribution in [0, 0.1) is 20.2 Å². The molecule has 0 aliphatic rings. The number of allylic oxidation sites excluding steroid dienone is 1. The molecule has 2 aromatic rings. The fourth-order valence-electron chi connectivity index (χ4n) is 2.75. The standard InChI is InChI=1S/C19H20N2O8/c1-26-16-6-5-12(9-15(16)21(24)25)7-14(20(22)23)8-13-10-17(27-2)19(29-4)18(11-13)28-3/h5-7,9-11H,8H2,1-4H3/b14-7-. The van der Waals surface area contributed by atoms with E-state index in [0.29, 0.717) is 28.4 Å². The number of rotatable bonds is 9. The van der Waals surface area contributed by atoms with Crippen LogP contribution in [0.25, 0.3) is 6.08 Å². The molecule has 0 atom stereocenters. The van der Waals surface area contributed by atoms with Gasteiger partial charge in [-0.25, -0.2) is 0 Å². The second kappa shape index (κ2) is 9.40. The lowest BCUT2D eigenvalue weighted by Crippen LogP contribution is -2.04. The van der Waals surface area contributed by atoms with E-state index in [9.17, 15) is 20.2 Å². The van der Waals surface area contributed by atoms with E-state index in [1.807, 2.05) is 0 Å². The Morgan fingerprint density at radius 2 is 1.48 bits per heavy atom. The van der Waals surface area contributed by atoms with E-state index in [1.54, 1.807) is 12.1 Å². The van der Waals surface area contributed by atoms with E-state index in [1.165, 1.54) is 52.7 Å². The Labute approximate surface area is 166 Å². The summed E-state index contributed by atoms with van der Waals surface area (Å²) in [6, 6.07) is 7.33. The van der Waals surface area contributed by atoms with Crippen molar-refractivity contribution in [3.05, 3.63) is 67.4 Å². The van der Waals surface area contributed by atoms with Crippen LogP contribution in [0.2, 0.25) is 0 Å². The zero-order valence-corrected chi connectivity index (χ0v) is 16.3. The Balaban J connectivity index is 2.47. The van der Waals surface area contributed by atoms with Crippen LogP contribution in [-0.4, -0.2) is 38.3 Å². The maximum absolute atomic E-state index is 11.6. The molecule has 0 radical (unpaired) electrons. The molecule has 154 valence electrons. The van der Waals surface area contributed by atoms with Crippen molar-refractivity contribution < 1.29 is 28.8 Å². The third-order valence-corrected chi connectivity index (χ3v) is 4.08. The third-order valence-electron chi connectivity index (χ3n) is 4.08. The number of nitro groups is 2. The summed E-state index contributed by atoms with van der Waals surface area (Å²) < 4.78 is 20.7. The van der Waals surface area contributed by atoms with Gasteiger partial charge < -0.3 is 18.9 Å². The molecule has 29 heavy (non-hydrogen) atoms. The molecule has 0 bridgehead atoms. The number of ether oxygens (including phenoxy) is 4. The van der Waals surface area contributed by atoms with Crippen LogP contribution in [-0.2, 0) is 6.42 Å². The summed E-state index contributed by atoms with van der Waals surface area (Å²) >= 11 is 0. The lowest BCUT2D eigenvalue weighted by molar-refractivity contribution is -0.425. The molecule has 0 aliphatic heterocycles. The number of benzene rings is 2. The zero-order chi connectivity index (χ0) is 21.6. The lowest BCUT2D eigenvalue weighted by atomic mass is 10.1. The van der Waals surface area contributed by atoms with Crippen molar-refractivity contribution in [1.82, 2.24) is 0 Å². The van der Waals surface area contributed by atoms with Crippen LogP contribution in [0.1, 0.15) is 11.1 Å². The first-order valence-electron chi connectivity index (χ1n) is 8.30. The second-order valence-electron chi connectivity index (χ2n) is 5.79. The van der Waals surface area contributed by atoms with Gasteiger partial charge in [-0.15, -0.1) is 0 Å². The summed E-state index contributed by atoms with van der Waals surface area (Å²) in [4.78, 5) is 21.6. The number of nitro benzene ring substituents is 1. The van der Waals surface area contributed by atoms with Crippen LogP contribution in [0.3, 0.4) is 0 Å². The average molecular weight is 404 g/mol. The number of hydrogen-bond donors (Lipinski definition) is 0. The Bertz CT molecular complexity index is 930. The van der Waals surface area contributed by atoms with Crippen molar-refractivity contribution in [2.75, 3.05) is 28.4 Å². The average Bonchev–Trinajstić information content (AvgIpc) is 2.72. The fourth-order valence-corrected chi connectivity index (χ4v) is 2.75. The molecule has 0 heterocycles. The van der Waals surface area contributed by atoms with Gasteiger partial charge >= 0.3 is 5.69 Å². The van der Waals surface area contributed by atoms with E-state index in [2.05, 4.69) is 0 Å². The van der Waals surface area contributed by atoms with Crippen LogP contribution >= 0.6 is 0 Å². The van der Waals surface area contributed by atoms with Gasteiger partial charge in [0.1, 0.15) is 0 Å². The Hall–Kier alpha value is -3.82. The van der Waals surface area contributed by atoms with Gasteiger partial charge in [0.15, 0.2) is 17.2 Å². The molecule has 0 saturated carbocycles. The maximum atomic E-state index is 11.6. The normalized spacial score (nSPS) is 11.0. The summed E-state index contributed by atoms with van der Waals surface area (Å²) in [7, 11) is 5.66. The van der Waals surface area contributed by atoms with E-state index in [0.717, 1.165) is 0 Å². The van der Waals surface area contributed by atoms with Gasteiger partial charge in [-0.1, -0.05) is 6.07 Å². The topological polar surface area (TPSA) is 123 Å². The summed E-state index contributed by atoms with van der Waals surface area (Å²) in [6.45, 7) is 0. The summed E-state index contributed by atoms with van der Waals surface area (Å²) in [5.74, 6) is 1.17. The summed E-state index contributed by atoms with van der Waals surface area (Å²) in [6.07, 6.45) is 1.21. The zero-order valence-electron chi connectivity index (χ0n) is 16.3. The van der Waals surface area contributed by atoms with Gasteiger partial charge in [-0.05, 0) is 29.3 Å². The van der Waals surface area contributed by atoms with Gasteiger partial charge in [0.2, 0.25) is 5.75 Å². The van der Waals surface area contributed by atoms with Gasteiger partial charge in [0.05, 0.1) is 44.7 Å². The first-order valence-corrected chi connectivity index (χ1v) is 8.30. The Morgan fingerprint density at radius 3 is 1.93 bits per heavy atom. The molecule has 10 heteroatoms. The highest BCUT2D eigenvalue weighted by Gasteiger charge is 2.20. The van der Waals surface area contributed by atoms with Crippen molar-refractivity contribution >= 4 is 11.8 Å². The SMILES string of the molecule is COc1ccc(/C=C(/Cc2cc(OC)c(OC)c(OC)c2)[N+](=O)[O-])cc1[N+](=O)[O-]. The molecule has 0 spiro atoms. The Kier molecular flexibility index (Phi) is 6.96. The predicted octanol–water partition coefficient (Wildman–Crippen LogP) is 3.49. The molecular formula is C19H20N2O8. The molecule has 2 aromatic carbocycles. The monoisotopic (exact) mass is 404 g/mol. The first-order chi connectivity index (χ1) is 13.8. The highest BCUT2D eigenvalue weighted by molar-refractivity contribution is 5.60. The summed E-state index contributed by atoms with van der Waals surface area (Å²) in [5, 5.41) is 22.8. The van der Waals surface area contributed by atoms with E-state index in [-0.39, 0.29) is 23.6 Å². The molecule has 0 aromatic heterocycles. The fraction of sp³-hybridized carbons (Fsp3) is 0.263. The van der Waals surface area contributed by atoms with Crippen molar-refractivity contribution in [2.45, 2.75) is 6.42 Å². The van der Waals surface area contributed by atoms with Crippen molar-refractivity contribution in [2.24, 2.45) is 0 Å². The van der Waals surface area contributed by atoms with E-state index >= 15 is 0 Å². The van der Waals surface area contributed by atoms with Gasteiger partial charge in [-0.2, -0.15) is 0 Å². The molecule has 2 rings (SSSR count). The van der Waals surface area contributed by atoms with Gasteiger partial charge in [0.25, 0.3) is 5.70 Å². The molecular weight excluding hydrogens is 384 g/mol. The van der Waals surface area contributed by atoms with E-state index in [4.69, 9.17) is 18.9 Å². The quantitative estimate of drug-likeness (QED) is 0.460. The third kappa shape index (κ3) is 4.92. The number of nitrogens with zero attached hydrogens (tertiary/aromatic N) is 2. The largest absolute Gasteiger partial charge is 0.493 e. The van der Waals surface area contributed by atoms with Gasteiger partial charge in [0, 0.05) is 12.1 Å². The molecule has 0 fully saturated rings. The van der Waals surface area contributed by atoms with Crippen molar-refractivity contribution in [1.29, 1.82) is 0 Å². The molecule has 10 nitrogen and oxygen atoms in total. The van der Waals surface area contributed by atoms with Crippen LogP contribution < -0.4 is 18.9 Å². The summed E-state index contributed by atoms with van der Waals surface area (Å²) in [5.41, 5.74) is 0.401. The minimum atomic E-state index is -0.610. The molecule has 0 saturated heterocycles. The molecule has 0 aliphatic carbocycles. The first kappa shape index (κ1) is 21.5. The van der Waals surface area contributed by atoms with Crippen LogP contribution in [0.4, 0.5) is 5.69 Å². The minimum Gasteiger partial charge on any atom is -0.493 e.